The first-order valence-corrected chi connectivity index (χ1v) is 9.21. The minimum Gasteiger partial charge on any atom is -0.595 e. The second-order valence-corrected chi connectivity index (χ2v) is 7.85. The van der Waals surface area contributed by atoms with Crippen LogP contribution in [0.4, 0.5) is 5.69 Å². The minimum atomic E-state index is -3.90. The molecule has 24 heavy (non-hydrogen) atoms. The fourth-order valence-electron chi connectivity index (χ4n) is 1.71. The molecule has 0 saturated heterocycles. The van der Waals surface area contributed by atoms with Crippen LogP contribution in [0.25, 0.3) is 0 Å². The monoisotopic (exact) mass is 483 g/mol. The second-order valence-electron chi connectivity index (χ2n) is 4.50. The van der Waals surface area contributed by atoms with Gasteiger partial charge in [0.15, 0.2) is 5.75 Å². The summed E-state index contributed by atoms with van der Waals surface area (Å²) in [6.07, 6.45) is 1.03. The number of quaternary nitrogens is 1. The van der Waals surface area contributed by atoms with Crippen LogP contribution in [-0.4, -0.2) is 24.9 Å². The summed E-state index contributed by atoms with van der Waals surface area (Å²) in [7, 11) is -3.90. The highest BCUT2D eigenvalue weighted by atomic mass is 127. The molecule has 0 bridgehead atoms. The molecule has 128 valence electrons. The molecule has 0 fully saturated rings. The Morgan fingerprint density at radius 1 is 1.29 bits per heavy atom. The summed E-state index contributed by atoms with van der Waals surface area (Å²) < 4.78 is 24.6. The van der Waals surface area contributed by atoms with Crippen LogP contribution in [0.15, 0.2) is 46.4 Å². The van der Waals surface area contributed by atoms with Crippen LogP contribution in [-0.2, 0) is 10.0 Å². The lowest BCUT2D eigenvalue weighted by Crippen LogP contribution is -2.99. The molecule has 2 rings (SSSR count). The molecule has 0 aliphatic rings. The second kappa shape index (κ2) is 7.63. The lowest BCUT2D eigenvalue weighted by atomic mass is 10.2. The Balaban J connectivity index is 2.24. The summed E-state index contributed by atoms with van der Waals surface area (Å²) in [6.45, 7) is 0. The van der Waals surface area contributed by atoms with Gasteiger partial charge in [-0.25, -0.2) is 10.0 Å². The van der Waals surface area contributed by atoms with E-state index in [1.165, 1.54) is 36.4 Å². The predicted molar refractivity (Wildman–Crippen MR) is 96.0 cm³/mol. The summed E-state index contributed by atoms with van der Waals surface area (Å²) >= 11 is 7.57. The maximum atomic E-state index is 12.0. The van der Waals surface area contributed by atoms with Gasteiger partial charge in [-0.1, -0.05) is 11.6 Å². The van der Waals surface area contributed by atoms with Gasteiger partial charge in [0.05, 0.1) is 11.1 Å². The number of hydrogen-bond donors (Lipinski definition) is 4. The van der Waals surface area contributed by atoms with Gasteiger partial charge in [-0.2, -0.15) is 18.7 Å². The average molecular weight is 484 g/mol. The molecule has 0 aliphatic heterocycles. The van der Waals surface area contributed by atoms with Crippen molar-refractivity contribution in [3.8, 4) is 5.75 Å². The number of hydrogen-bond acceptors (Lipinski definition) is 6. The summed E-state index contributed by atoms with van der Waals surface area (Å²) in [5.41, 5.74) is -0.234. The molecule has 2 aromatic carbocycles. The molecule has 8 nitrogen and oxygen atoms in total. The van der Waals surface area contributed by atoms with E-state index in [1.54, 1.807) is 0 Å². The van der Waals surface area contributed by atoms with Crippen molar-refractivity contribution in [1.82, 2.24) is 4.83 Å². The summed E-state index contributed by atoms with van der Waals surface area (Å²) in [5, 5.41) is 32.6. The molecule has 1 atom stereocenters. The normalized spacial score (nSPS) is 13.2. The van der Waals surface area contributed by atoms with E-state index in [2.05, 4.69) is 5.10 Å². The van der Waals surface area contributed by atoms with Crippen molar-refractivity contribution in [2.45, 2.75) is 4.90 Å². The lowest BCUT2D eigenvalue weighted by molar-refractivity contribution is -0.991. The number of benzene rings is 2. The zero-order valence-corrected chi connectivity index (χ0v) is 15.5. The number of nitrogens with one attached hydrogen (secondary N) is 2. The van der Waals surface area contributed by atoms with Gasteiger partial charge in [0.1, 0.15) is 0 Å². The quantitative estimate of drug-likeness (QED) is 0.221. The van der Waals surface area contributed by atoms with Crippen molar-refractivity contribution < 1.29 is 24.0 Å². The van der Waals surface area contributed by atoms with Crippen molar-refractivity contribution in [2.24, 2.45) is 5.10 Å². The SMILES string of the molecule is O=S(=O)(N/N=C/c1cc(I)cc([NH+]([O-])O)c1O)c1ccc(Cl)cc1. The third-order valence-corrected chi connectivity index (χ3v) is 4.95. The molecule has 0 spiro atoms. The van der Waals surface area contributed by atoms with E-state index in [0.29, 0.717) is 8.59 Å². The van der Waals surface area contributed by atoms with E-state index in [0.717, 1.165) is 6.21 Å². The van der Waals surface area contributed by atoms with Crippen LogP contribution in [0.5, 0.6) is 5.75 Å². The van der Waals surface area contributed by atoms with Crippen LogP contribution >= 0.6 is 34.2 Å². The highest BCUT2D eigenvalue weighted by molar-refractivity contribution is 14.1. The smallest absolute Gasteiger partial charge is 0.276 e. The molecule has 0 heterocycles. The van der Waals surface area contributed by atoms with E-state index in [9.17, 15) is 18.7 Å². The van der Waals surface area contributed by atoms with Crippen LogP contribution < -0.4 is 10.1 Å². The molecule has 11 heteroatoms. The summed E-state index contributed by atoms with van der Waals surface area (Å²) in [5.74, 6) is -0.502. The van der Waals surface area contributed by atoms with E-state index in [4.69, 9.17) is 16.8 Å². The van der Waals surface area contributed by atoms with Crippen LogP contribution in [0.2, 0.25) is 5.02 Å². The maximum Gasteiger partial charge on any atom is 0.276 e. The number of nitrogens with zero attached hydrogens (tertiary/aromatic N) is 1. The molecular formula is C13H11ClIN3O5S. The van der Waals surface area contributed by atoms with Gasteiger partial charge in [-0.3, -0.25) is 0 Å². The highest BCUT2D eigenvalue weighted by Gasteiger charge is 2.15. The van der Waals surface area contributed by atoms with Crippen molar-refractivity contribution >= 4 is 56.1 Å². The number of aromatic hydroxyl groups is 1. The first kappa shape index (κ1) is 18.9. The van der Waals surface area contributed by atoms with Gasteiger partial charge in [-0.05, 0) is 52.9 Å². The van der Waals surface area contributed by atoms with Gasteiger partial charge in [0.25, 0.3) is 10.0 Å². The third-order valence-electron chi connectivity index (χ3n) is 2.84. The van der Waals surface area contributed by atoms with Crippen LogP contribution in [0.1, 0.15) is 5.56 Å². The van der Waals surface area contributed by atoms with Crippen molar-refractivity contribution in [3.63, 3.8) is 0 Å². The molecule has 0 amide bonds. The first-order chi connectivity index (χ1) is 11.2. The van der Waals surface area contributed by atoms with E-state index >= 15 is 0 Å². The summed E-state index contributed by atoms with van der Waals surface area (Å²) in [4.78, 5) is 1.94. The zero-order chi connectivity index (χ0) is 17.9. The Morgan fingerprint density at radius 3 is 2.50 bits per heavy atom. The molecular weight excluding hydrogens is 473 g/mol. The summed E-state index contributed by atoms with van der Waals surface area (Å²) in [6, 6.07) is 8.21. The van der Waals surface area contributed by atoms with E-state index in [-0.39, 0.29) is 16.1 Å². The first-order valence-electron chi connectivity index (χ1n) is 6.27. The van der Waals surface area contributed by atoms with Gasteiger partial charge in [0.2, 0.25) is 5.69 Å². The largest absolute Gasteiger partial charge is 0.595 e. The maximum absolute atomic E-state index is 12.0. The topological polar surface area (TPSA) is 126 Å². The standard InChI is InChI=1S/C13H11ClIN3O5S/c14-9-1-3-11(4-2-9)24(22,23)17-16-7-8-5-10(15)6-12(13(8)19)18(20)21/h1-7,17-20H/b16-7+. The van der Waals surface area contributed by atoms with Crippen LogP contribution in [0.3, 0.4) is 0 Å². The molecule has 0 radical (unpaired) electrons. The number of halogens is 2. The van der Waals surface area contributed by atoms with E-state index < -0.39 is 21.0 Å². The van der Waals surface area contributed by atoms with Crippen LogP contribution in [0, 0.1) is 8.78 Å². The Kier molecular flexibility index (Phi) is 6.01. The lowest BCUT2D eigenvalue weighted by Gasteiger charge is -2.14. The minimum absolute atomic E-state index is 0.0397. The molecule has 1 unspecified atom stereocenters. The zero-order valence-electron chi connectivity index (χ0n) is 11.8. The molecule has 4 N–H and O–H groups in total. The Bertz CT molecular complexity index is 872. The highest BCUT2D eigenvalue weighted by Crippen LogP contribution is 2.26. The van der Waals surface area contributed by atoms with Crippen molar-refractivity contribution in [1.29, 1.82) is 0 Å². The third kappa shape index (κ3) is 4.55. The average Bonchev–Trinajstić information content (AvgIpc) is 2.50. The Labute approximate surface area is 156 Å². The van der Waals surface area contributed by atoms with E-state index in [1.807, 2.05) is 27.4 Å². The molecule has 0 aliphatic carbocycles. The predicted octanol–water partition coefficient (Wildman–Crippen LogP) is 1.37. The molecule has 0 aromatic heterocycles. The fourth-order valence-corrected chi connectivity index (χ4v) is 3.28. The Hall–Kier alpha value is -1.44. The van der Waals surface area contributed by atoms with Gasteiger partial charge < -0.3 is 10.3 Å². The fraction of sp³-hybridized carbons (Fsp3) is 0. The van der Waals surface area contributed by atoms with Crippen molar-refractivity contribution in [2.75, 3.05) is 0 Å². The van der Waals surface area contributed by atoms with Gasteiger partial charge in [0, 0.05) is 20.2 Å². The number of hydrazone groups is 1. The molecule has 2 aromatic rings. The van der Waals surface area contributed by atoms with Crippen molar-refractivity contribution in [3.05, 3.63) is 55.8 Å². The number of phenols is 1. The Morgan fingerprint density at radius 2 is 1.92 bits per heavy atom. The van der Waals surface area contributed by atoms with Gasteiger partial charge >= 0.3 is 0 Å². The van der Waals surface area contributed by atoms with Gasteiger partial charge in [-0.15, -0.1) is 0 Å². The number of sulfonamides is 1. The number of phenolic OH excluding ortho intramolecular Hbond substituents is 1. The molecule has 0 saturated carbocycles. The number of rotatable bonds is 5.